The van der Waals surface area contributed by atoms with Crippen molar-refractivity contribution in [1.29, 1.82) is 0 Å². The van der Waals surface area contributed by atoms with E-state index in [4.69, 9.17) is 0 Å². The number of hydrogen-bond acceptors (Lipinski definition) is 3. The third-order valence-electron chi connectivity index (χ3n) is 3.43. The summed E-state index contributed by atoms with van der Waals surface area (Å²) >= 11 is 0. The summed E-state index contributed by atoms with van der Waals surface area (Å²) in [4.78, 5) is 23.7. The molecule has 5 nitrogen and oxygen atoms in total. The number of alkyl halides is 3. The van der Waals surface area contributed by atoms with Gasteiger partial charge in [-0.05, 0) is 30.7 Å². The lowest BCUT2D eigenvalue weighted by Gasteiger charge is -2.13. The second-order valence-electron chi connectivity index (χ2n) is 5.58. The molecule has 150 valence electrons. The van der Waals surface area contributed by atoms with E-state index in [-0.39, 0.29) is 30.6 Å². The van der Waals surface area contributed by atoms with E-state index >= 15 is 0 Å². The van der Waals surface area contributed by atoms with Crippen LogP contribution in [-0.2, 0) is 4.79 Å². The van der Waals surface area contributed by atoms with Crippen LogP contribution in [0.3, 0.4) is 0 Å². The van der Waals surface area contributed by atoms with E-state index in [1.807, 2.05) is 0 Å². The maximum atomic E-state index is 13.5. The molecule has 28 heavy (non-hydrogen) atoms. The number of nitrogens with one attached hydrogen (secondary N) is 2. The number of rotatable bonds is 7. The SMILES string of the molecule is O=C(CCCNC(=O)c1ccc(F)cc1F)Nc1ccccc1OC(F)(F)F. The summed E-state index contributed by atoms with van der Waals surface area (Å²) in [6.45, 7) is 0.00374. The molecule has 0 saturated heterocycles. The monoisotopic (exact) mass is 402 g/mol. The van der Waals surface area contributed by atoms with Gasteiger partial charge in [0.05, 0.1) is 11.3 Å². The van der Waals surface area contributed by atoms with Crippen LogP contribution >= 0.6 is 0 Å². The Morgan fingerprint density at radius 2 is 1.75 bits per heavy atom. The summed E-state index contributed by atoms with van der Waals surface area (Å²) in [7, 11) is 0. The summed E-state index contributed by atoms with van der Waals surface area (Å²) in [6.07, 6.45) is -4.88. The highest BCUT2D eigenvalue weighted by Gasteiger charge is 2.32. The van der Waals surface area contributed by atoms with Gasteiger partial charge >= 0.3 is 6.36 Å². The van der Waals surface area contributed by atoms with Gasteiger partial charge in [-0.25, -0.2) is 8.78 Å². The Morgan fingerprint density at radius 3 is 2.43 bits per heavy atom. The lowest BCUT2D eigenvalue weighted by atomic mass is 10.2. The summed E-state index contributed by atoms with van der Waals surface area (Å²) in [5, 5.41) is 4.66. The van der Waals surface area contributed by atoms with E-state index in [1.54, 1.807) is 0 Å². The van der Waals surface area contributed by atoms with Gasteiger partial charge in [0.15, 0.2) is 5.75 Å². The van der Waals surface area contributed by atoms with Crippen molar-refractivity contribution in [2.75, 3.05) is 11.9 Å². The van der Waals surface area contributed by atoms with Crippen LogP contribution < -0.4 is 15.4 Å². The lowest BCUT2D eigenvalue weighted by molar-refractivity contribution is -0.274. The van der Waals surface area contributed by atoms with Gasteiger partial charge in [-0.2, -0.15) is 0 Å². The average molecular weight is 402 g/mol. The molecule has 0 saturated carbocycles. The predicted molar refractivity (Wildman–Crippen MR) is 89.7 cm³/mol. The first-order valence-corrected chi connectivity index (χ1v) is 8.03. The largest absolute Gasteiger partial charge is 0.573 e. The number of benzene rings is 2. The molecule has 0 aliphatic carbocycles. The fourth-order valence-electron chi connectivity index (χ4n) is 2.22. The zero-order chi connectivity index (χ0) is 20.7. The van der Waals surface area contributed by atoms with Crippen LogP contribution in [0.2, 0.25) is 0 Å². The molecule has 0 fully saturated rings. The Labute approximate surface area is 156 Å². The van der Waals surface area contributed by atoms with Gasteiger partial charge in [-0.1, -0.05) is 12.1 Å². The van der Waals surface area contributed by atoms with Crippen LogP contribution in [0.15, 0.2) is 42.5 Å². The Morgan fingerprint density at radius 1 is 1.04 bits per heavy atom. The molecular weight excluding hydrogens is 387 g/mol. The molecule has 0 aliphatic heterocycles. The Kier molecular flexibility index (Phi) is 6.91. The van der Waals surface area contributed by atoms with Crippen molar-refractivity contribution in [1.82, 2.24) is 5.32 Å². The zero-order valence-corrected chi connectivity index (χ0v) is 14.3. The molecule has 2 rings (SSSR count). The van der Waals surface area contributed by atoms with Crippen LogP contribution in [-0.4, -0.2) is 24.7 Å². The first-order chi connectivity index (χ1) is 13.2. The van der Waals surface area contributed by atoms with Crippen molar-refractivity contribution in [3.63, 3.8) is 0 Å². The molecule has 2 aromatic carbocycles. The second-order valence-corrected chi connectivity index (χ2v) is 5.58. The minimum absolute atomic E-state index is 0.00374. The molecule has 10 heteroatoms. The summed E-state index contributed by atoms with van der Waals surface area (Å²) in [5.41, 5.74) is -0.494. The van der Waals surface area contributed by atoms with E-state index < -0.39 is 35.6 Å². The molecule has 0 aromatic heterocycles. The third-order valence-corrected chi connectivity index (χ3v) is 3.43. The van der Waals surface area contributed by atoms with Crippen molar-refractivity contribution in [3.05, 3.63) is 59.7 Å². The number of hydrogen-bond donors (Lipinski definition) is 2. The molecule has 2 aromatic rings. The van der Waals surface area contributed by atoms with Crippen molar-refractivity contribution in [3.8, 4) is 5.75 Å². The molecule has 0 spiro atoms. The highest BCUT2D eigenvalue weighted by molar-refractivity contribution is 5.94. The molecule has 2 amide bonds. The maximum absolute atomic E-state index is 13.5. The van der Waals surface area contributed by atoms with Crippen molar-refractivity contribution < 1.29 is 36.3 Å². The number of para-hydroxylation sites is 2. The van der Waals surface area contributed by atoms with Gasteiger partial charge < -0.3 is 15.4 Å². The van der Waals surface area contributed by atoms with E-state index in [0.717, 1.165) is 18.2 Å². The van der Waals surface area contributed by atoms with Gasteiger partial charge in [0, 0.05) is 19.0 Å². The number of amides is 2. The molecule has 0 aliphatic rings. The van der Waals surface area contributed by atoms with Crippen LogP contribution in [0, 0.1) is 11.6 Å². The first-order valence-electron chi connectivity index (χ1n) is 8.03. The number of carbonyl (C=O) groups is 2. The standard InChI is InChI=1S/C18H15F5N2O3/c19-11-7-8-12(13(20)10-11)17(27)24-9-3-6-16(26)25-14-4-1-2-5-15(14)28-18(21,22)23/h1-2,4-5,7-8,10H,3,6,9H2,(H,24,27)(H,25,26). The second kappa shape index (κ2) is 9.16. The first kappa shape index (κ1) is 21.1. The highest BCUT2D eigenvalue weighted by atomic mass is 19.4. The Balaban J connectivity index is 1.81. The summed E-state index contributed by atoms with van der Waals surface area (Å²) < 4.78 is 67.2. The minimum atomic E-state index is -4.90. The van der Waals surface area contributed by atoms with Gasteiger partial charge in [-0.15, -0.1) is 13.2 Å². The summed E-state index contributed by atoms with van der Waals surface area (Å²) in [6, 6.07) is 7.55. The molecule has 2 N–H and O–H groups in total. The fraction of sp³-hybridized carbons (Fsp3) is 0.222. The number of ether oxygens (including phenoxy) is 1. The maximum Gasteiger partial charge on any atom is 0.573 e. The van der Waals surface area contributed by atoms with Crippen LogP contribution in [0.1, 0.15) is 23.2 Å². The van der Waals surface area contributed by atoms with Gasteiger partial charge in [0.1, 0.15) is 11.6 Å². The molecule has 0 atom stereocenters. The van der Waals surface area contributed by atoms with Gasteiger partial charge in [-0.3, -0.25) is 9.59 Å². The quantitative estimate of drug-likeness (QED) is 0.543. The Hall–Kier alpha value is -3.17. The fourth-order valence-corrected chi connectivity index (χ4v) is 2.22. The van der Waals surface area contributed by atoms with E-state index in [1.165, 1.54) is 18.2 Å². The summed E-state index contributed by atoms with van der Waals surface area (Å²) in [5.74, 6) is -3.76. The molecular formula is C18H15F5N2O3. The zero-order valence-electron chi connectivity index (χ0n) is 14.3. The smallest absolute Gasteiger partial charge is 0.404 e. The van der Waals surface area contributed by atoms with Gasteiger partial charge in [0.2, 0.25) is 5.91 Å². The molecule has 0 bridgehead atoms. The molecule has 0 radical (unpaired) electrons. The van der Waals surface area contributed by atoms with Crippen molar-refractivity contribution >= 4 is 17.5 Å². The van der Waals surface area contributed by atoms with Gasteiger partial charge in [0.25, 0.3) is 5.91 Å². The van der Waals surface area contributed by atoms with E-state index in [0.29, 0.717) is 6.07 Å². The molecule has 0 heterocycles. The lowest BCUT2D eigenvalue weighted by Crippen LogP contribution is -2.26. The molecule has 0 unspecified atom stereocenters. The van der Waals surface area contributed by atoms with E-state index in [9.17, 15) is 31.5 Å². The van der Waals surface area contributed by atoms with Crippen LogP contribution in [0.4, 0.5) is 27.6 Å². The number of carbonyl (C=O) groups excluding carboxylic acids is 2. The number of halogens is 5. The number of anilines is 1. The average Bonchev–Trinajstić information content (AvgIpc) is 2.59. The van der Waals surface area contributed by atoms with Crippen molar-refractivity contribution in [2.45, 2.75) is 19.2 Å². The topological polar surface area (TPSA) is 67.4 Å². The predicted octanol–water partition coefficient (Wildman–Crippen LogP) is 4.01. The normalized spacial score (nSPS) is 11.0. The van der Waals surface area contributed by atoms with Crippen molar-refractivity contribution in [2.24, 2.45) is 0 Å². The Bertz CT molecular complexity index is 855. The third kappa shape index (κ3) is 6.53. The minimum Gasteiger partial charge on any atom is -0.404 e. The van der Waals surface area contributed by atoms with Crippen LogP contribution in [0.25, 0.3) is 0 Å². The van der Waals surface area contributed by atoms with Crippen LogP contribution in [0.5, 0.6) is 5.75 Å². The highest BCUT2D eigenvalue weighted by Crippen LogP contribution is 2.29. The van der Waals surface area contributed by atoms with E-state index in [2.05, 4.69) is 15.4 Å².